The molecule has 2 rings (SSSR count). The van der Waals surface area contributed by atoms with Gasteiger partial charge in [0.05, 0.1) is 18.0 Å². The van der Waals surface area contributed by atoms with Gasteiger partial charge in [0.1, 0.15) is 0 Å². The number of aliphatic hydroxyl groups is 1. The second kappa shape index (κ2) is 5.16. The summed E-state index contributed by atoms with van der Waals surface area (Å²) >= 11 is 0. The maximum Gasteiger partial charge on any atom is 0.0837 e. The molecule has 4 heteroatoms. The van der Waals surface area contributed by atoms with Gasteiger partial charge in [-0.2, -0.15) is 0 Å². The SMILES string of the molecule is C/N=C(\C)c1ccc(C2CCC(N)(CO)C2)cn1. The number of aromatic nitrogens is 1. The molecule has 0 saturated heterocycles. The van der Waals surface area contributed by atoms with E-state index in [1.165, 1.54) is 5.56 Å². The molecule has 0 bridgehead atoms. The Bertz CT molecular complexity index is 441. The Labute approximate surface area is 108 Å². The van der Waals surface area contributed by atoms with E-state index in [9.17, 15) is 5.11 Å². The summed E-state index contributed by atoms with van der Waals surface area (Å²) in [6, 6.07) is 4.11. The van der Waals surface area contributed by atoms with Crippen molar-refractivity contribution in [2.45, 2.75) is 37.6 Å². The average Bonchev–Trinajstić information content (AvgIpc) is 2.81. The number of pyridine rings is 1. The van der Waals surface area contributed by atoms with E-state index in [1.807, 2.05) is 19.2 Å². The highest BCUT2D eigenvalue weighted by molar-refractivity contribution is 5.96. The predicted octanol–water partition coefficient (Wildman–Crippen LogP) is 1.48. The zero-order chi connectivity index (χ0) is 13.2. The van der Waals surface area contributed by atoms with Gasteiger partial charge in [0, 0.05) is 18.8 Å². The smallest absolute Gasteiger partial charge is 0.0837 e. The highest BCUT2D eigenvalue weighted by Gasteiger charge is 2.35. The van der Waals surface area contributed by atoms with Crippen molar-refractivity contribution in [3.63, 3.8) is 0 Å². The van der Waals surface area contributed by atoms with Crippen molar-refractivity contribution in [1.29, 1.82) is 0 Å². The van der Waals surface area contributed by atoms with Crippen LogP contribution in [-0.4, -0.2) is 35.0 Å². The zero-order valence-electron chi connectivity index (χ0n) is 11.1. The topological polar surface area (TPSA) is 71.5 Å². The molecule has 1 aliphatic carbocycles. The third-order valence-corrected chi connectivity index (χ3v) is 3.92. The lowest BCUT2D eigenvalue weighted by Gasteiger charge is -2.20. The molecule has 1 saturated carbocycles. The molecule has 2 atom stereocenters. The molecule has 1 aromatic rings. The molecule has 18 heavy (non-hydrogen) atoms. The van der Waals surface area contributed by atoms with Crippen molar-refractivity contribution in [3.05, 3.63) is 29.6 Å². The van der Waals surface area contributed by atoms with Crippen LogP contribution in [0.2, 0.25) is 0 Å². The highest BCUT2D eigenvalue weighted by Crippen LogP contribution is 2.39. The normalized spacial score (nSPS) is 28.7. The first-order chi connectivity index (χ1) is 8.58. The Kier molecular flexibility index (Phi) is 3.78. The zero-order valence-corrected chi connectivity index (χ0v) is 11.1. The molecule has 4 nitrogen and oxygen atoms in total. The summed E-state index contributed by atoms with van der Waals surface area (Å²) in [6.07, 6.45) is 4.66. The predicted molar refractivity (Wildman–Crippen MR) is 73.0 cm³/mol. The van der Waals surface area contributed by atoms with E-state index in [-0.39, 0.29) is 6.61 Å². The van der Waals surface area contributed by atoms with Gasteiger partial charge in [-0.25, -0.2) is 0 Å². The van der Waals surface area contributed by atoms with Crippen LogP contribution in [0.15, 0.2) is 23.3 Å². The minimum Gasteiger partial charge on any atom is -0.394 e. The van der Waals surface area contributed by atoms with Crippen molar-refractivity contribution < 1.29 is 5.11 Å². The quantitative estimate of drug-likeness (QED) is 0.795. The van der Waals surface area contributed by atoms with Gasteiger partial charge in [-0.15, -0.1) is 0 Å². The van der Waals surface area contributed by atoms with Crippen LogP contribution in [0.1, 0.15) is 43.4 Å². The molecule has 0 aliphatic heterocycles. The van der Waals surface area contributed by atoms with E-state index < -0.39 is 5.54 Å². The number of aliphatic imine (C=N–C) groups is 1. The van der Waals surface area contributed by atoms with E-state index in [0.717, 1.165) is 30.7 Å². The molecule has 0 spiro atoms. The molecule has 1 aliphatic rings. The van der Waals surface area contributed by atoms with Gasteiger partial charge < -0.3 is 10.8 Å². The van der Waals surface area contributed by atoms with Crippen molar-refractivity contribution in [2.24, 2.45) is 10.7 Å². The molecule has 98 valence electrons. The fourth-order valence-electron chi connectivity index (χ4n) is 2.56. The molecule has 0 aromatic carbocycles. The van der Waals surface area contributed by atoms with Crippen LogP contribution >= 0.6 is 0 Å². The van der Waals surface area contributed by atoms with Gasteiger partial charge in [0.25, 0.3) is 0 Å². The molecule has 0 amide bonds. The van der Waals surface area contributed by atoms with Gasteiger partial charge in [-0.1, -0.05) is 6.07 Å². The molecular weight excluding hydrogens is 226 g/mol. The molecule has 3 N–H and O–H groups in total. The van der Waals surface area contributed by atoms with Crippen LogP contribution < -0.4 is 5.73 Å². The van der Waals surface area contributed by atoms with Crippen LogP contribution in [-0.2, 0) is 0 Å². The Hall–Kier alpha value is -1.26. The Balaban J connectivity index is 2.12. The minimum absolute atomic E-state index is 0.0661. The number of nitrogens with zero attached hydrogens (tertiary/aromatic N) is 2. The Morgan fingerprint density at radius 1 is 1.61 bits per heavy atom. The van der Waals surface area contributed by atoms with Crippen molar-refractivity contribution in [2.75, 3.05) is 13.7 Å². The summed E-state index contributed by atoms with van der Waals surface area (Å²) < 4.78 is 0. The number of nitrogens with two attached hydrogens (primary N) is 1. The molecular formula is C14H21N3O. The maximum absolute atomic E-state index is 9.28. The summed E-state index contributed by atoms with van der Waals surface area (Å²) in [5, 5.41) is 9.28. The van der Waals surface area contributed by atoms with Crippen molar-refractivity contribution in [3.8, 4) is 0 Å². The first-order valence-corrected chi connectivity index (χ1v) is 6.37. The lowest BCUT2D eigenvalue weighted by Crippen LogP contribution is -2.40. The molecule has 0 radical (unpaired) electrons. The fraction of sp³-hybridized carbons (Fsp3) is 0.571. The fourth-order valence-corrected chi connectivity index (χ4v) is 2.56. The molecule has 1 aromatic heterocycles. The average molecular weight is 247 g/mol. The van der Waals surface area contributed by atoms with Gasteiger partial charge in [-0.3, -0.25) is 9.98 Å². The highest BCUT2D eigenvalue weighted by atomic mass is 16.3. The molecule has 1 fully saturated rings. The second-order valence-electron chi connectivity index (χ2n) is 5.25. The van der Waals surface area contributed by atoms with Crippen molar-refractivity contribution >= 4 is 5.71 Å². The van der Waals surface area contributed by atoms with Gasteiger partial charge in [0.15, 0.2) is 0 Å². The monoisotopic (exact) mass is 247 g/mol. The van der Waals surface area contributed by atoms with E-state index in [2.05, 4.69) is 16.0 Å². The first kappa shape index (κ1) is 13.2. The van der Waals surface area contributed by atoms with Crippen LogP contribution in [0.5, 0.6) is 0 Å². The second-order valence-corrected chi connectivity index (χ2v) is 5.25. The summed E-state index contributed by atoms with van der Waals surface area (Å²) in [4.78, 5) is 8.56. The van der Waals surface area contributed by atoms with E-state index in [1.54, 1.807) is 7.05 Å². The van der Waals surface area contributed by atoms with Gasteiger partial charge >= 0.3 is 0 Å². The Morgan fingerprint density at radius 3 is 2.89 bits per heavy atom. The van der Waals surface area contributed by atoms with Crippen molar-refractivity contribution in [1.82, 2.24) is 4.98 Å². The Morgan fingerprint density at radius 2 is 2.39 bits per heavy atom. The number of rotatable bonds is 3. The maximum atomic E-state index is 9.28. The third kappa shape index (κ3) is 2.60. The molecule has 1 heterocycles. The number of hydrogen-bond donors (Lipinski definition) is 2. The lowest BCUT2D eigenvalue weighted by atomic mass is 9.94. The lowest BCUT2D eigenvalue weighted by molar-refractivity contribution is 0.198. The standard InChI is InChI=1S/C14H21N3O/c1-10(16-2)13-4-3-12(8-17-13)11-5-6-14(15,7-11)9-18/h3-4,8,11,18H,5-7,9,15H2,1-2H3/b16-10+. The molecule has 2 unspecified atom stereocenters. The van der Waals surface area contributed by atoms with Gasteiger partial charge in [-0.05, 0) is 43.7 Å². The van der Waals surface area contributed by atoms with Gasteiger partial charge in [0.2, 0.25) is 0 Å². The summed E-state index contributed by atoms with van der Waals surface area (Å²) in [5.41, 5.74) is 8.77. The first-order valence-electron chi connectivity index (χ1n) is 6.37. The third-order valence-electron chi connectivity index (χ3n) is 3.92. The van der Waals surface area contributed by atoms with E-state index in [0.29, 0.717) is 5.92 Å². The summed E-state index contributed by atoms with van der Waals surface area (Å²) in [7, 11) is 1.77. The van der Waals surface area contributed by atoms with Crippen LogP contribution in [0.4, 0.5) is 0 Å². The number of hydrogen-bond acceptors (Lipinski definition) is 4. The minimum atomic E-state index is -0.399. The van der Waals surface area contributed by atoms with E-state index >= 15 is 0 Å². The summed E-state index contributed by atoms with van der Waals surface area (Å²) in [5.74, 6) is 0.419. The summed E-state index contributed by atoms with van der Waals surface area (Å²) in [6.45, 7) is 2.02. The van der Waals surface area contributed by atoms with Crippen LogP contribution in [0, 0.1) is 0 Å². The van der Waals surface area contributed by atoms with E-state index in [4.69, 9.17) is 5.73 Å². The van der Waals surface area contributed by atoms with Crippen LogP contribution in [0.25, 0.3) is 0 Å². The van der Waals surface area contributed by atoms with Crippen LogP contribution in [0.3, 0.4) is 0 Å². The largest absolute Gasteiger partial charge is 0.394 e. The number of aliphatic hydroxyl groups excluding tert-OH is 1.